The molecule has 1 aliphatic rings. The normalized spacial score (nSPS) is 16.9. The zero-order valence-corrected chi connectivity index (χ0v) is 8.79. The van der Waals surface area contributed by atoms with E-state index in [0.717, 1.165) is 5.56 Å². The standard InChI is InChI=1S/C12H14FNO/c1-9-2-3-11(13)12(8-9)14-6-4-10(15)5-7-14/h2-3,8H,4-7H2,1H3. The van der Waals surface area contributed by atoms with Gasteiger partial charge < -0.3 is 4.90 Å². The van der Waals surface area contributed by atoms with Gasteiger partial charge in [-0.05, 0) is 24.6 Å². The fourth-order valence-electron chi connectivity index (χ4n) is 1.86. The number of halogens is 1. The Bertz CT molecular complexity index is 379. The summed E-state index contributed by atoms with van der Waals surface area (Å²) >= 11 is 0. The van der Waals surface area contributed by atoms with Crippen molar-refractivity contribution >= 4 is 11.5 Å². The van der Waals surface area contributed by atoms with Crippen LogP contribution in [0.1, 0.15) is 18.4 Å². The summed E-state index contributed by atoms with van der Waals surface area (Å²) in [6.45, 7) is 3.22. The maximum atomic E-state index is 13.5. The molecule has 1 aromatic rings. The number of rotatable bonds is 1. The molecule has 2 rings (SSSR count). The minimum Gasteiger partial charge on any atom is -0.368 e. The molecule has 3 heteroatoms. The van der Waals surface area contributed by atoms with Gasteiger partial charge in [-0.25, -0.2) is 4.39 Å². The molecule has 80 valence electrons. The van der Waals surface area contributed by atoms with Crippen LogP contribution < -0.4 is 4.90 Å². The molecule has 0 spiro atoms. The highest BCUT2D eigenvalue weighted by atomic mass is 19.1. The maximum Gasteiger partial charge on any atom is 0.146 e. The molecule has 0 atom stereocenters. The number of hydrogen-bond acceptors (Lipinski definition) is 2. The van der Waals surface area contributed by atoms with E-state index in [0.29, 0.717) is 31.6 Å². The van der Waals surface area contributed by atoms with Crippen LogP contribution >= 0.6 is 0 Å². The quantitative estimate of drug-likeness (QED) is 0.704. The first kappa shape index (κ1) is 10.1. The van der Waals surface area contributed by atoms with Crippen LogP contribution in [0.15, 0.2) is 18.2 Å². The van der Waals surface area contributed by atoms with Crippen LogP contribution in [0.5, 0.6) is 0 Å². The van der Waals surface area contributed by atoms with Gasteiger partial charge in [-0.2, -0.15) is 0 Å². The van der Waals surface area contributed by atoms with E-state index < -0.39 is 0 Å². The topological polar surface area (TPSA) is 20.3 Å². The Labute approximate surface area is 88.7 Å². The van der Waals surface area contributed by atoms with Crippen molar-refractivity contribution < 1.29 is 9.18 Å². The van der Waals surface area contributed by atoms with Gasteiger partial charge in [0.2, 0.25) is 0 Å². The monoisotopic (exact) mass is 207 g/mol. The van der Waals surface area contributed by atoms with Gasteiger partial charge in [0.25, 0.3) is 0 Å². The van der Waals surface area contributed by atoms with Crippen molar-refractivity contribution in [3.05, 3.63) is 29.6 Å². The molecule has 0 aromatic heterocycles. The summed E-state index contributed by atoms with van der Waals surface area (Å²) in [6, 6.07) is 5.08. The molecule has 2 nitrogen and oxygen atoms in total. The molecule has 1 fully saturated rings. The fourth-order valence-corrected chi connectivity index (χ4v) is 1.86. The number of benzene rings is 1. The van der Waals surface area contributed by atoms with Crippen molar-refractivity contribution in [2.24, 2.45) is 0 Å². The summed E-state index contributed by atoms with van der Waals surface area (Å²) in [5, 5.41) is 0. The van der Waals surface area contributed by atoms with Gasteiger partial charge in [-0.15, -0.1) is 0 Å². The van der Waals surface area contributed by atoms with E-state index >= 15 is 0 Å². The average molecular weight is 207 g/mol. The number of carbonyl (C=O) groups is 1. The van der Waals surface area contributed by atoms with Crippen LogP contribution in [-0.2, 0) is 4.79 Å². The molecule has 1 aromatic carbocycles. The second-order valence-corrected chi connectivity index (χ2v) is 3.98. The molecule has 1 aliphatic heterocycles. The van der Waals surface area contributed by atoms with E-state index in [2.05, 4.69) is 0 Å². The number of nitrogens with zero attached hydrogens (tertiary/aromatic N) is 1. The number of anilines is 1. The third kappa shape index (κ3) is 2.17. The van der Waals surface area contributed by atoms with Crippen LogP contribution in [0.25, 0.3) is 0 Å². The second kappa shape index (κ2) is 4.01. The Balaban J connectivity index is 2.21. The van der Waals surface area contributed by atoms with Gasteiger partial charge >= 0.3 is 0 Å². The van der Waals surface area contributed by atoms with Gasteiger partial charge in [0.05, 0.1) is 5.69 Å². The van der Waals surface area contributed by atoms with Gasteiger partial charge in [0.15, 0.2) is 0 Å². The minimum absolute atomic E-state index is 0.199. The number of aryl methyl sites for hydroxylation is 1. The Hall–Kier alpha value is -1.38. The molecular formula is C12H14FNO. The SMILES string of the molecule is Cc1ccc(F)c(N2CCC(=O)CC2)c1. The van der Waals surface area contributed by atoms with Gasteiger partial charge in [0, 0.05) is 25.9 Å². The predicted molar refractivity (Wildman–Crippen MR) is 57.6 cm³/mol. The third-order valence-corrected chi connectivity index (χ3v) is 2.76. The summed E-state index contributed by atoms with van der Waals surface area (Å²) in [7, 11) is 0. The highest BCUT2D eigenvalue weighted by Crippen LogP contribution is 2.23. The molecule has 1 heterocycles. The van der Waals surface area contributed by atoms with E-state index in [9.17, 15) is 9.18 Å². The lowest BCUT2D eigenvalue weighted by Gasteiger charge is -2.28. The first-order chi connectivity index (χ1) is 7.16. The lowest BCUT2D eigenvalue weighted by Crippen LogP contribution is -2.34. The molecule has 0 unspecified atom stereocenters. The van der Waals surface area contributed by atoms with Gasteiger partial charge in [0.1, 0.15) is 11.6 Å². The zero-order chi connectivity index (χ0) is 10.8. The summed E-state index contributed by atoms with van der Waals surface area (Å²) in [5.41, 5.74) is 1.67. The molecule has 15 heavy (non-hydrogen) atoms. The lowest BCUT2D eigenvalue weighted by molar-refractivity contribution is -0.119. The first-order valence-electron chi connectivity index (χ1n) is 5.19. The number of hydrogen-bond donors (Lipinski definition) is 0. The van der Waals surface area contributed by atoms with Gasteiger partial charge in [-0.3, -0.25) is 4.79 Å². The van der Waals surface area contributed by atoms with Crippen molar-refractivity contribution in [2.75, 3.05) is 18.0 Å². The lowest BCUT2D eigenvalue weighted by atomic mass is 10.1. The molecule has 0 aliphatic carbocycles. The maximum absolute atomic E-state index is 13.5. The van der Waals surface area contributed by atoms with E-state index in [-0.39, 0.29) is 11.6 Å². The van der Waals surface area contributed by atoms with Crippen molar-refractivity contribution in [2.45, 2.75) is 19.8 Å². The number of piperidine rings is 1. The highest BCUT2D eigenvalue weighted by molar-refractivity contribution is 5.81. The molecule has 0 radical (unpaired) electrons. The van der Waals surface area contributed by atoms with Crippen LogP contribution in [0.4, 0.5) is 10.1 Å². The van der Waals surface area contributed by atoms with Crippen molar-refractivity contribution in [3.8, 4) is 0 Å². The minimum atomic E-state index is -0.199. The summed E-state index contributed by atoms with van der Waals surface area (Å²) in [5.74, 6) is 0.0780. The Morgan fingerprint density at radius 1 is 1.27 bits per heavy atom. The van der Waals surface area contributed by atoms with Crippen LogP contribution in [0.3, 0.4) is 0 Å². The van der Waals surface area contributed by atoms with Crippen molar-refractivity contribution in [1.29, 1.82) is 0 Å². The fraction of sp³-hybridized carbons (Fsp3) is 0.417. The zero-order valence-electron chi connectivity index (χ0n) is 8.79. The predicted octanol–water partition coefficient (Wildman–Crippen LogP) is 2.30. The average Bonchev–Trinajstić information content (AvgIpc) is 2.23. The van der Waals surface area contributed by atoms with Crippen molar-refractivity contribution in [1.82, 2.24) is 0 Å². The van der Waals surface area contributed by atoms with Crippen LogP contribution in [-0.4, -0.2) is 18.9 Å². The van der Waals surface area contributed by atoms with Crippen molar-refractivity contribution in [3.63, 3.8) is 0 Å². The number of carbonyl (C=O) groups excluding carboxylic acids is 1. The summed E-state index contributed by atoms with van der Waals surface area (Å²) in [4.78, 5) is 13.0. The first-order valence-corrected chi connectivity index (χ1v) is 5.19. The molecule has 0 saturated carbocycles. The Morgan fingerprint density at radius 3 is 2.60 bits per heavy atom. The Kier molecular flexibility index (Phi) is 2.71. The Morgan fingerprint density at radius 2 is 1.93 bits per heavy atom. The molecule has 0 amide bonds. The second-order valence-electron chi connectivity index (χ2n) is 3.98. The van der Waals surface area contributed by atoms with E-state index in [1.165, 1.54) is 6.07 Å². The molecule has 0 bridgehead atoms. The highest BCUT2D eigenvalue weighted by Gasteiger charge is 2.18. The van der Waals surface area contributed by atoms with Crippen LogP contribution in [0, 0.1) is 12.7 Å². The van der Waals surface area contributed by atoms with Gasteiger partial charge in [-0.1, -0.05) is 6.07 Å². The largest absolute Gasteiger partial charge is 0.368 e. The molecule has 1 saturated heterocycles. The number of ketones is 1. The summed E-state index contributed by atoms with van der Waals surface area (Å²) < 4.78 is 13.5. The summed E-state index contributed by atoms with van der Waals surface area (Å²) in [6.07, 6.45) is 1.07. The third-order valence-electron chi connectivity index (χ3n) is 2.76. The van der Waals surface area contributed by atoms with E-state index in [1.54, 1.807) is 6.07 Å². The molecule has 0 N–H and O–H groups in total. The number of Topliss-reactive ketones (excluding diaryl/α,β-unsaturated/α-hetero) is 1. The van der Waals surface area contributed by atoms with Crippen LogP contribution in [0.2, 0.25) is 0 Å². The van der Waals surface area contributed by atoms with E-state index in [4.69, 9.17) is 0 Å². The van der Waals surface area contributed by atoms with E-state index in [1.807, 2.05) is 17.9 Å². The molecular weight excluding hydrogens is 193 g/mol. The smallest absolute Gasteiger partial charge is 0.146 e.